The van der Waals surface area contributed by atoms with Gasteiger partial charge in [-0.05, 0) is 24.1 Å². The van der Waals surface area contributed by atoms with Crippen LogP contribution in [0.5, 0.6) is 5.75 Å². The maximum absolute atomic E-state index is 11.8. The van der Waals surface area contributed by atoms with Crippen LogP contribution in [0, 0.1) is 0 Å². The molecule has 1 aliphatic rings. The van der Waals surface area contributed by atoms with Gasteiger partial charge in [0.25, 0.3) is 0 Å². The molecule has 0 spiro atoms. The minimum atomic E-state index is -1.27. The van der Waals surface area contributed by atoms with Gasteiger partial charge in [0.15, 0.2) is 12.2 Å². The van der Waals surface area contributed by atoms with Crippen LogP contribution < -0.4 is 4.74 Å². The van der Waals surface area contributed by atoms with Gasteiger partial charge in [-0.3, -0.25) is 19.2 Å². The fourth-order valence-corrected chi connectivity index (χ4v) is 3.22. The van der Waals surface area contributed by atoms with Gasteiger partial charge in [0, 0.05) is 27.7 Å². The van der Waals surface area contributed by atoms with Crippen molar-refractivity contribution in [3.8, 4) is 5.75 Å². The van der Waals surface area contributed by atoms with Crippen LogP contribution in [-0.2, 0) is 49.3 Å². The number of carbonyl (C=O) groups excluding carboxylic acids is 4. The van der Waals surface area contributed by atoms with Crippen LogP contribution in [0.15, 0.2) is 24.3 Å². The molecule has 10 nitrogen and oxygen atoms in total. The maximum atomic E-state index is 11.8. The van der Waals surface area contributed by atoms with E-state index in [0.717, 1.165) is 25.8 Å². The second-order valence-electron chi connectivity index (χ2n) is 7.18. The highest BCUT2D eigenvalue weighted by Gasteiger charge is 2.53. The Morgan fingerprint density at radius 2 is 1.31 bits per heavy atom. The second-order valence-corrected chi connectivity index (χ2v) is 7.18. The Kier molecular flexibility index (Phi) is 9.01. The molecule has 1 aliphatic heterocycles. The monoisotopic (exact) mass is 452 g/mol. The third-order valence-electron chi connectivity index (χ3n) is 4.53. The summed E-state index contributed by atoms with van der Waals surface area (Å²) in [5.74, 6) is -2.27. The molecule has 0 amide bonds. The van der Waals surface area contributed by atoms with Crippen molar-refractivity contribution in [2.24, 2.45) is 0 Å². The molecule has 0 bridgehead atoms. The average molecular weight is 452 g/mol. The largest absolute Gasteiger partial charge is 0.463 e. The first-order valence-electron chi connectivity index (χ1n) is 10.2. The summed E-state index contributed by atoms with van der Waals surface area (Å²) in [6.45, 7) is 6.39. The van der Waals surface area contributed by atoms with Crippen molar-refractivity contribution in [1.82, 2.24) is 0 Å². The van der Waals surface area contributed by atoms with Crippen molar-refractivity contribution in [3.63, 3.8) is 0 Å². The van der Waals surface area contributed by atoms with Gasteiger partial charge >= 0.3 is 23.9 Å². The van der Waals surface area contributed by atoms with Crippen LogP contribution in [0.3, 0.4) is 0 Å². The van der Waals surface area contributed by atoms with Gasteiger partial charge in [0.05, 0.1) is 0 Å². The summed E-state index contributed by atoms with van der Waals surface area (Å²) in [4.78, 5) is 46.7. The fraction of sp³-hybridized carbons (Fsp3) is 0.545. The lowest BCUT2D eigenvalue weighted by molar-refractivity contribution is -0.288. The smallest absolute Gasteiger partial charge is 0.303 e. The third kappa shape index (κ3) is 7.23. The quantitative estimate of drug-likeness (QED) is 0.425. The lowest BCUT2D eigenvalue weighted by Crippen LogP contribution is -2.63. The first-order valence-corrected chi connectivity index (χ1v) is 10.2. The molecule has 1 aromatic carbocycles. The minimum Gasteiger partial charge on any atom is -0.463 e. The predicted molar refractivity (Wildman–Crippen MR) is 108 cm³/mol. The molecular formula is C22H28O10. The summed E-state index contributed by atoms with van der Waals surface area (Å²) in [6.07, 6.45) is -5.22. The molecule has 0 N–H and O–H groups in total. The zero-order valence-corrected chi connectivity index (χ0v) is 18.7. The lowest BCUT2D eigenvalue weighted by atomic mass is 9.98. The topological polar surface area (TPSA) is 124 Å². The molecule has 0 radical (unpaired) electrons. The number of rotatable bonds is 8. The molecular weight excluding hydrogens is 424 g/mol. The number of ether oxygens (including phenoxy) is 6. The van der Waals surface area contributed by atoms with Gasteiger partial charge in [0.1, 0.15) is 18.5 Å². The van der Waals surface area contributed by atoms with E-state index in [1.165, 1.54) is 13.8 Å². The van der Waals surface area contributed by atoms with Crippen LogP contribution in [0.2, 0.25) is 0 Å². The Hall–Kier alpha value is -3.14. The van der Waals surface area contributed by atoms with Crippen LogP contribution in [-0.4, -0.2) is 61.2 Å². The molecule has 32 heavy (non-hydrogen) atoms. The van der Waals surface area contributed by atoms with Crippen molar-refractivity contribution >= 4 is 23.9 Å². The van der Waals surface area contributed by atoms with E-state index in [2.05, 4.69) is 0 Å². The van der Waals surface area contributed by atoms with Gasteiger partial charge in [0.2, 0.25) is 12.4 Å². The number of hydrogen-bond donors (Lipinski definition) is 0. The van der Waals surface area contributed by atoms with Gasteiger partial charge in [-0.25, -0.2) is 0 Å². The number of aryl methyl sites for hydroxylation is 1. The predicted octanol–water partition coefficient (Wildman–Crippen LogP) is 1.71. The van der Waals surface area contributed by atoms with Crippen molar-refractivity contribution in [3.05, 3.63) is 29.8 Å². The van der Waals surface area contributed by atoms with Crippen molar-refractivity contribution in [1.29, 1.82) is 0 Å². The van der Waals surface area contributed by atoms with Crippen molar-refractivity contribution in [2.45, 2.75) is 71.7 Å². The summed E-state index contributed by atoms with van der Waals surface area (Å²) in [5, 5.41) is 0. The summed E-state index contributed by atoms with van der Waals surface area (Å²) in [7, 11) is 0. The number of benzene rings is 1. The normalized spacial score (nSPS) is 24.7. The Labute approximate surface area is 186 Å². The minimum absolute atomic E-state index is 0.313. The zero-order chi connectivity index (χ0) is 23.8. The standard InChI is InChI=1S/C22H28O10/c1-6-16-7-9-17(10-8-16)31-22-21(30-15(5)26)20(29-14(4)25)19(28-13(3)24)18(32-22)11-27-12(2)23/h7-10,18-22H,6,11H2,1-5H3/t18?,19-,20-,21?,22+/m0/s1. The first kappa shape index (κ1) is 25.1. The van der Waals surface area contributed by atoms with E-state index >= 15 is 0 Å². The fourth-order valence-electron chi connectivity index (χ4n) is 3.22. The molecule has 1 aromatic rings. The van der Waals surface area contributed by atoms with Crippen LogP contribution in [0.4, 0.5) is 0 Å². The lowest BCUT2D eigenvalue weighted by Gasteiger charge is -2.43. The summed E-state index contributed by atoms with van der Waals surface area (Å²) in [5.41, 5.74) is 1.08. The van der Waals surface area contributed by atoms with Crippen molar-refractivity contribution in [2.75, 3.05) is 6.61 Å². The Balaban J connectivity index is 2.42. The van der Waals surface area contributed by atoms with Gasteiger partial charge in [-0.2, -0.15) is 0 Å². The zero-order valence-electron chi connectivity index (χ0n) is 18.7. The number of hydrogen-bond acceptors (Lipinski definition) is 10. The molecule has 2 unspecified atom stereocenters. The molecule has 10 heteroatoms. The number of esters is 4. The molecule has 176 valence electrons. The van der Waals surface area contributed by atoms with E-state index in [1.54, 1.807) is 12.1 Å². The highest BCUT2D eigenvalue weighted by molar-refractivity contribution is 5.68. The molecule has 0 saturated carbocycles. The summed E-state index contributed by atoms with van der Waals surface area (Å²) < 4.78 is 32.9. The van der Waals surface area contributed by atoms with Gasteiger partial charge in [-0.15, -0.1) is 0 Å². The SMILES string of the molecule is CCc1ccc(O[C@@H]2OC(COC(C)=O)[C@H](OC(C)=O)[C@H](OC(C)=O)C2OC(C)=O)cc1. The third-order valence-corrected chi connectivity index (χ3v) is 4.53. The molecule has 2 rings (SSSR count). The van der Waals surface area contributed by atoms with Crippen LogP contribution in [0.1, 0.15) is 40.2 Å². The summed E-state index contributed by atoms with van der Waals surface area (Å²) in [6, 6.07) is 7.15. The Morgan fingerprint density at radius 1 is 0.781 bits per heavy atom. The van der Waals surface area contributed by atoms with Gasteiger partial charge < -0.3 is 28.4 Å². The highest BCUT2D eigenvalue weighted by Crippen LogP contribution is 2.31. The molecule has 5 atom stereocenters. The van der Waals surface area contributed by atoms with Crippen LogP contribution in [0.25, 0.3) is 0 Å². The highest BCUT2D eigenvalue weighted by atomic mass is 16.7. The Bertz CT molecular complexity index is 819. The van der Waals surface area contributed by atoms with E-state index in [9.17, 15) is 19.2 Å². The van der Waals surface area contributed by atoms with Crippen molar-refractivity contribution < 1.29 is 47.6 Å². The van der Waals surface area contributed by atoms with E-state index in [4.69, 9.17) is 28.4 Å². The first-order chi connectivity index (χ1) is 15.1. The van der Waals surface area contributed by atoms with Crippen LogP contribution >= 0.6 is 0 Å². The number of carbonyl (C=O) groups is 4. The van der Waals surface area contributed by atoms with E-state index in [0.29, 0.717) is 5.75 Å². The molecule has 1 saturated heterocycles. The van der Waals surface area contributed by atoms with E-state index in [1.807, 2.05) is 19.1 Å². The van der Waals surface area contributed by atoms with E-state index < -0.39 is 54.6 Å². The molecule has 0 aliphatic carbocycles. The summed E-state index contributed by atoms with van der Waals surface area (Å²) >= 11 is 0. The Morgan fingerprint density at radius 3 is 1.81 bits per heavy atom. The second kappa shape index (κ2) is 11.5. The van der Waals surface area contributed by atoms with Gasteiger partial charge in [-0.1, -0.05) is 19.1 Å². The maximum Gasteiger partial charge on any atom is 0.303 e. The average Bonchev–Trinajstić information content (AvgIpc) is 2.70. The molecule has 1 fully saturated rings. The van der Waals surface area contributed by atoms with E-state index in [-0.39, 0.29) is 6.61 Å². The molecule has 0 aromatic heterocycles. The molecule has 1 heterocycles.